The van der Waals surface area contributed by atoms with Crippen LogP contribution in [0.4, 0.5) is 0 Å². The molecule has 3 nitrogen and oxygen atoms in total. The highest BCUT2D eigenvalue weighted by atomic mass is 32.2. The van der Waals surface area contributed by atoms with E-state index in [2.05, 4.69) is 18.3 Å². The first-order valence-corrected chi connectivity index (χ1v) is 8.41. The normalized spacial score (nSPS) is 13.9. The Morgan fingerprint density at radius 2 is 2.25 bits per heavy atom. The number of rotatable bonds is 7. The van der Waals surface area contributed by atoms with E-state index in [0.29, 0.717) is 6.42 Å². The molecule has 0 aliphatic rings. The summed E-state index contributed by atoms with van der Waals surface area (Å²) in [5.41, 5.74) is 0. The largest absolute Gasteiger partial charge is 0.309 e. The molecule has 16 heavy (non-hydrogen) atoms. The zero-order chi connectivity index (χ0) is 12.0. The van der Waals surface area contributed by atoms with Crippen LogP contribution >= 0.6 is 11.3 Å². The number of nitrogens with one attached hydrogen (secondary N) is 1. The second kappa shape index (κ2) is 6.37. The Bertz CT molecular complexity index is 384. The van der Waals surface area contributed by atoms with Gasteiger partial charge in [0.2, 0.25) is 0 Å². The Balaban J connectivity index is 2.58. The average molecular weight is 261 g/mol. The van der Waals surface area contributed by atoms with Crippen LogP contribution in [0.5, 0.6) is 0 Å². The van der Waals surface area contributed by atoms with Crippen molar-refractivity contribution < 1.29 is 8.42 Å². The first kappa shape index (κ1) is 13.7. The summed E-state index contributed by atoms with van der Waals surface area (Å²) in [5.74, 6) is 0.242. The van der Waals surface area contributed by atoms with Crippen molar-refractivity contribution in [3.63, 3.8) is 0 Å². The SMILES string of the molecule is CCCNC(CCS(C)(=O)=O)c1cccs1. The fourth-order valence-corrected chi connectivity index (χ4v) is 2.99. The summed E-state index contributed by atoms with van der Waals surface area (Å²) in [4.78, 5) is 1.22. The van der Waals surface area contributed by atoms with Crippen LogP contribution in [0.2, 0.25) is 0 Å². The summed E-state index contributed by atoms with van der Waals surface area (Å²) in [5, 5.41) is 5.41. The van der Waals surface area contributed by atoms with Crippen LogP contribution in [0.3, 0.4) is 0 Å². The molecule has 0 aromatic carbocycles. The summed E-state index contributed by atoms with van der Waals surface area (Å²) in [6.45, 7) is 3.03. The van der Waals surface area contributed by atoms with E-state index in [1.165, 1.54) is 11.1 Å². The van der Waals surface area contributed by atoms with Crippen molar-refractivity contribution in [3.05, 3.63) is 22.4 Å². The zero-order valence-electron chi connectivity index (χ0n) is 9.77. The molecule has 5 heteroatoms. The molecule has 0 fully saturated rings. The van der Waals surface area contributed by atoms with Crippen LogP contribution in [0.15, 0.2) is 17.5 Å². The maximum absolute atomic E-state index is 11.2. The van der Waals surface area contributed by atoms with Crippen molar-refractivity contribution in [1.82, 2.24) is 5.32 Å². The van der Waals surface area contributed by atoms with Gasteiger partial charge in [-0.2, -0.15) is 0 Å². The molecule has 1 atom stereocenters. The third kappa shape index (κ3) is 5.09. The molecule has 1 aromatic rings. The Morgan fingerprint density at radius 1 is 1.50 bits per heavy atom. The molecular formula is C11H19NO2S2. The lowest BCUT2D eigenvalue weighted by molar-refractivity contribution is 0.520. The average Bonchev–Trinajstić information content (AvgIpc) is 2.69. The molecule has 1 N–H and O–H groups in total. The monoisotopic (exact) mass is 261 g/mol. The summed E-state index contributed by atoms with van der Waals surface area (Å²) >= 11 is 1.67. The molecule has 0 radical (unpaired) electrons. The van der Waals surface area contributed by atoms with Gasteiger partial charge in [0.25, 0.3) is 0 Å². The van der Waals surface area contributed by atoms with E-state index < -0.39 is 9.84 Å². The summed E-state index contributed by atoms with van der Waals surface area (Å²) < 4.78 is 22.3. The number of hydrogen-bond donors (Lipinski definition) is 1. The minimum Gasteiger partial charge on any atom is -0.309 e. The molecule has 0 saturated heterocycles. The minimum absolute atomic E-state index is 0.176. The second-order valence-corrected chi connectivity index (χ2v) is 7.18. The van der Waals surface area contributed by atoms with Crippen LogP contribution in [0, 0.1) is 0 Å². The van der Waals surface area contributed by atoms with Crippen LogP contribution in [0.1, 0.15) is 30.7 Å². The molecule has 0 aliphatic carbocycles. The number of thiophene rings is 1. The molecule has 0 aliphatic heterocycles. The van der Waals surface area contributed by atoms with E-state index in [1.54, 1.807) is 11.3 Å². The fourth-order valence-electron chi connectivity index (χ4n) is 1.48. The van der Waals surface area contributed by atoms with Gasteiger partial charge in [-0.25, -0.2) is 8.42 Å². The van der Waals surface area contributed by atoms with Gasteiger partial charge in [0.1, 0.15) is 9.84 Å². The standard InChI is InChI=1S/C11H19NO2S2/c1-3-7-12-10(6-9-16(2,13)14)11-5-4-8-15-11/h4-5,8,10,12H,3,6-7,9H2,1-2H3. The molecule has 0 spiro atoms. The van der Waals surface area contributed by atoms with Crippen molar-refractivity contribution in [2.45, 2.75) is 25.8 Å². The van der Waals surface area contributed by atoms with E-state index in [0.717, 1.165) is 13.0 Å². The smallest absolute Gasteiger partial charge is 0.147 e. The van der Waals surface area contributed by atoms with Crippen LogP contribution < -0.4 is 5.32 Å². The Hall–Kier alpha value is -0.390. The first-order chi connectivity index (χ1) is 7.53. The molecule has 0 amide bonds. The lowest BCUT2D eigenvalue weighted by Crippen LogP contribution is -2.23. The fraction of sp³-hybridized carbons (Fsp3) is 0.636. The summed E-state index contributed by atoms with van der Waals surface area (Å²) in [6, 6.07) is 4.23. The Kier molecular flexibility index (Phi) is 5.44. The molecular weight excluding hydrogens is 242 g/mol. The van der Waals surface area contributed by atoms with Gasteiger partial charge in [-0.1, -0.05) is 13.0 Å². The van der Waals surface area contributed by atoms with Crippen LogP contribution in [0.25, 0.3) is 0 Å². The summed E-state index contributed by atoms with van der Waals surface area (Å²) in [6.07, 6.45) is 3.00. The highest BCUT2D eigenvalue weighted by Crippen LogP contribution is 2.22. The van der Waals surface area contributed by atoms with E-state index in [9.17, 15) is 8.42 Å². The van der Waals surface area contributed by atoms with Gasteiger partial charge in [0.05, 0.1) is 5.75 Å². The maximum atomic E-state index is 11.2. The van der Waals surface area contributed by atoms with E-state index >= 15 is 0 Å². The van der Waals surface area contributed by atoms with Crippen molar-refractivity contribution in [2.24, 2.45) is 0 Å². The molecule has 1 rings (SSSR count). The maximum Gasteiger partial charge on any atom is 0.147 e. The van der Waals surface area contributed by atoms with Gasteiger partial charge in [0, 0.05) is 17.2 Å². The van der Waals surface area contributed by atoms with Gasteiger partial charge < -0.3 is 5.32 Å². The molecule has 1 unspecified atom stereocenters. The number of sulfone groups is 1. The van der Waals surface area contributed by atoms with E-state index in [4.69, 9.17) is 0 Å². The van der Waals surface area contributed by atoms with Crippen molar-refractivity contribution in [3.8, 4) is 0 Å². The predicted octanol–water partition coefficient (Wildman–Crippen LogP) is 2.22. The Morgan fingerprint density at radius 3 is 2.75 bits per heavy atom. The number of hydrogen-bond acceptors (Lipinski definition) is 4. The van der Waals surface area contributed by atoms with Crippen molar-refractivity contribution in [2.75, 3.05) is 18.6 Å². The molecule has 1 aromatic heterocycles. The van der Waals surface area contributed by atoms with Crippen molar-refractivity contribution >= 4 is 21.2 Å². The molecule has 0 bridgehead atoms. The first-order valence-electron chi connectivity index (χ1n) is 5.47. The summed E-state index contributed by atoms with van der Waals surface area (Å²) in [7, 11) is -2.87. The predicted molar refractivity (Wildman–Crippen MR) is 69.7 cm³/mol. The highest BCUT2D eigenvalue weighted by Gasteiger charge is 2.14. The third-order valence-electron chi connectivity index (χ3n) is 2.30. The van der Waals surface area contributed by atoms with Gasteiger partial charge in [0.15, 0.2) is 0 Å². The van der Waals surface area contributed by atoms with Crippen LogP contribution in [-0.4, -0.2) is 27.0 Å². The highest BCUT2D eigenvalue weighted by molar-refractivity contribution is 7.90. The van der Waals surface area contributed by atoms with Gasteiger partial charge in [-0.05, 0) is 30.8 Å². The molecule has 1 heterocycles. The molecule has 92 valence electrons. The third-order valence-corrected chi connectivity index (χ3v) is 4.27. The molecule has 0 saturated carbocycles. The Labute approximate surface area is 102 Å². The lowest BCUT2D eigenvalue weighted by atomic mass is 10.2. The van der Waals surface area contributed by atoms with E-state index in [-0.39, 0.29) is 11.8 Å². The van der Waals surface area contributed by atoms with Crippen LogP contribution in [-0.2, 0) is 9.84 Å². The van der Waals surface area contributed by atoms with Gasteiger partial charge in [-0.15, -0.1) is 11.3 Å². The quantitative estimate of drug-likeness (QED) is 0.818. The van der Waals surface area contributed by atoms with Gasteiger partial charge >= 0.3 is 0 Å². The topological polar surface area (TPSA) is 46.2 Å². The van der Waals surface area contributed by atoms with E-state index in [1.807, 2.05) is 11.4 Å². The minimum atomic E-state index is -2.87. The van der Waals surface area contributed by atoms with Gasteiger partial charge in [-0.3, -0.25) is 0 Å². The zero-order valence-corrected chi connectivity index (χ0v) is 11.4. The second-order valence-electron chi connectivity index (χ2n) is 3.94. The van der Waals surface area contributed by atoms with Crippen molar-refractivity contribution in [1.29, 1.82) is 0 Å². The lowest BCUT2D eigenvalue weighted by Gasteiger charge is -2.16.